The third-order valence-electron chi connectivity index (χ3n) is 6.34. The van der Waals surface area contributed by atoms with Gasteiger partial charge in [-0.2, -0.15) is 0 Å². The lowest BCUT2D eigenvalue weighted by Gasteiger charge is -2.54. The van der Waals surface area contributed by atoms with Crippen LogP contribution in [0.25, 0.3) is 0 Å². The highest BCUT2D eigenvalue weighted by molar-refractivity contribution is 5.80. The number of fused-ring (bicyclic) bond motifs is 1. The average molecular weight is 290 g/mol. The summed E-state index contributed by atoms with van der Waals surface area (Å²) >= 11 is 0. The van der Waals surface area contributed by atoms with Crippen LogP contribution in [0.4, 0.5) is 0 Å². The molecule has 2 aliphatic rings. The summed E-state index contributed by atoms with van der Waals surface area (Å²) in [5.74, 6) is 1.32. The van der Waals surface area contributed by atoms with Gasteiger partial charge in [0, 0.05) is 6.08 Å². The van der Waals surface area contributed by atoms with Gasteiger partial charge in [-0.05, 0) is 62.2 Å². The molecule has 0 amide bonds. The molecule has 2 rings (SSSR count). The molecule has 2 heteroatoms. The summed E-state index contributed by atoms with van der Waals surface area (Å²) in [6.45, 7) is 11.2. The largest absolute Gasteiger partial charge is 0.478 e. The lowest BCUT2D eigenvalue weighted by atomic mass is 9.51. The third kappa shape index (κ3) is 3.41. The average Bonchev–Trinajstić information content (AvgIpc) is 2.40. The third-order valence-corrected chi connectivity index (χ3v) is 6.34. The summed E-state index contributed by atoms with van der Waals surface area (Å²) in [5, 5.41) is 8.84. The van der Waals surface area contributed by atoms with E-state index in [2.05, 4.69) is 20.4 Å². The topological polar surface area (TPSA) is 37.3 Å². The monoisotopic (exact) mass is 290 g/mol. The maximum Gasteiger partial charge on any atom is 0.328 e. The minimum absolute atomic E-state index is 0.467. The first-order valence-corrected chi connectivity index (χ1v) is 8.42. The summed E-state index contributed by atoms with van der Waals surface area (Å²) < 4.78 is 0. The van der Waals surface area contributed by atoms with Crippen LogP contribution >= 0.6 is 0 Å². The highest BCUT2D eigenvalue weighted by atomic mass is 16.4. The highest BCUT2D eigenvalue weighted by Crippen LogP contribution is 2.57. The molecule has 2 saturated carbocycles. The zero-order valence-corrected chi connectivity index (χ0v) is 13.8. The van der Waals surface area contributed by atoms with Crippen molar-refractivity contribution in [1.29, 1.82) is 0 Å². The quantitative estimate of drug-likeness (QED) is 0.570. The van der Waals surface area contributed by atoms with Gasteiger partial charge in [0.15, 0.2) is 0 Å². The van der Waals surface area contributed by atoms with Gasteiger partial charge in [0.1, 0.15) is 0 Å². The Morgan fingerprint density at radius 3 is 2.86 bits per heavy atom. The van der Waals surface area contributed by atoms with Crippen molar-refractivity contribution in [3.8, 4) is 0 Å². The van der Waals surface area contributed by atoms with Crippen molar-refractivity contribution in [2.24, 2.45) is 23.2 Å². The fourth-order valence-corrected chi connectivity index (χ4v) is 4.73. The molecule has 1 N–H and O–H groups in total. The number of carboxylic acids is 1. The molecule has 0 aromatic carbocycles. The molecule has 0 heterocycles. The van der Waals surface area contributed by atoms with Crippen molar-refractivity contribution in [2.45, 2.75) is 65.7 Å². The molecule has 2 aliphatic carbocycles. The van der Waals surface area contributed by atoms with Gasteiger partial charge >= 0.3 is 5.97 Å². The van der Waals surface area contributed by atoms with E-state index in [4.69, 9.17) is 5.11 Å². The molecule has 0 saturated heterocycles. The Labute approximate surface area is 129 Å². The zero-order valence-electron chi connectivity index (χ0n) is 13.8. The van der Waals surface area contributed by atoms with Gasteiger partial charge in [0.2, 0.25) is 0 Å². The molecule has 0 aromatic heterocycles. The lowest BCUT2D eigenvalue weighted by Crippen LogP contribution is -2.45. The molecular formula is C19H30O2. The number of carbonyl (C=O) groups is 1. The first-order chi connectivity index (χ1) is 9.84. The van der Waals surface area contributed by atoms with Gasteiger partial charge < -0.3 is 5.11 Å². The predicted molar refractivity (Wildman–Crippen MR) is 87.1 cm³/mol. The summed E-state index contributed by atoms with van der Waals surface area (Å²) in [4.78, 5) is 10.8. The second-order valence-corrected chi connectivity index (χ2v) is 7.58. The van der Waals surface area contributed by atoms with Gasteiger partial charge in [-0.25, -0.2) is 4.79 Å². The number of carboxylic acid groups (broad SMARTS) is 1. The summed E-state index contributed by atoms with van der Waals surface area (Å²) in [6.07, 6.45) is 9.79. The molecule has 2 nitrogen and oxygen atoms in total. The van der Waals surface area contributed by atoms with Crippen molar-refractivity contribution < 1.29 is 9.90 Å². The molecule has 0 bridgehead atoms. The van der Waals surface area contributed by atoms with Crippen LogP contribution in [0.1, 0.15) is 65.7 Å². The molecule has 2 fully saturated rings. The lowest BCUT2D eigenvalue weighted by molar-refractivity contribution is -0.131. The van der Waals surface area contributed by atoms with Gasteiger partial charge in [-0.15, -0.1) is 0 Å². The molecule has 118 valence electrons. The normalized spacial score (nSPS) is 37.2. The first-order valence-electron chi connectivity index (χ1n) is 8.42. The van der Waals surface area contributed by atoms with E-state index in [0.29, 0.717) is 11.3 Å². The van der Waals surface area contributed by atoms with E-state index >= 15 is 0 Å². The van der Waals surface area contributed by atoms with E-state index in [1.165, 1.54) is 37.3 Å². The van der Waals surface area contributed by atoms with E-state index in [9.17, 15) is 4.79 Å². The second kappa shape index (κ2) is 6.37. The predicted octanol–water partition coefficient (Wildman–Crippen LogP) is 5.21. The smallest absolute Gasteiger partial charge is 0.328 e. The Morgan fingerprint density at radius 2 is 2.19 bits per heavy atom. The van der Waals surface area contributed by atoms with Crippen molar-refractivity contribution in [3.63, 3.8) is 0 Å². The van der Waals surface area contributed by atoms with Crippen molar-refractivity contribution >= 4 is 5.97 Å². The molecule has 0 unspecified atom stereocenters. The van der Waals surface area contributed by atoms with Crippen molar-refractivity contribution in [3.05, 3.63) is 23.8 Å². The Kier molecular flexibility index (Phi) is 4.95. The Bertz CT molecular complexity index is 448. The van der Waals surface area contributed by atoms with Crippen molar-refractivity contribution in [1.82, 2.24) is 0 Å². The summed E-state index contributed by atoms with van der Waals surface area (Å²) in [5.41, 5.74) is 2.86. The molecule has 21 heavy (non-hydrogen) atoms. The maximum atomic E-state index is 10.8. The van der Waals surface area contributed by atoms with Gasteiger partial charge in [0.25, 0.3) is 0 Å². The molecular weight excluding hydrogens is 260 g/mol. The number of hydrogen-bond donors (Lipinski definition) is 1. The number of rotatable bonds is 4. The van der Waals surface area contributed by atoms with Crippen LogP contribution in [0.15, 0.2) is 23.8 Å². The minimum Gasteiger partial charge on any atom is -0.478 e. The fraction of sp³-hybridized carbons (Fsp3) is 0.737. The van der Waals surface area contributed by atoms with Crippen LogP contribution in [0.5, 0.6) is 0 Å². The first kappa shape index (κ1) is 16.3. The van der Waals surface area contributed by atoms with Crippen LogP contribution in [-0.2, 0) is 4.79 Å². The Balaban J connectivity index is 2.09. The molecule has 0 aromatic rings. The maximum absolute atomic E-state index is 10.8. The van der Waals surface area contributed by atoms with Crippen LogP contribution in [0.3, 0.4) is 0 Å². The Morgan fingerprint density at radius 1 is 1.48 bits per heavy atom. The molecule has 0 spiro atoms. The fourth-order valence-electron chi connectivity index (χ4n) is 4.73. The summed E-state index contributed by atoms with van der Waals surface area (Å²) in [6, 6.07) is 0. The van der Waals surface area contributed by atoms with Gasteiger partial charge in [-0.3, -0.25) is 0 Å². The van der Waals surface area contributed by atoms with Gasteiger partial charge in [0.05, 0.1) is 0 Å². The van der Waals surface area contributed by atoms with Crippen LogP contribution in [0.2, 0.25) is 0 Å². The molecule has 0 aliphatic heterocycles. The van der Waals surface area contributed by atoms with E-state index in [-0.39, 0.29) is 0 Å². The second-order valence-electron chi connectivity index (χ2n) is 7.58. The number of aliphatic carboxylic acids is 1. The van der Waals surface area contributed by atoms with Crippen molar-refractivity contribution in [2.75, 3.05) is 0 Å². The molecule has 0 radical (unpaired) electrons. The van der Waals surface area contributed by atoms with Crippen LogP contribution in [0, 0.1) is 23.2 Å². The van der Waals surface area contributed by atoms with Crippen LogP contribution < -0.4 is 0 Å². The highest BCUT2D eigenvalue weighted by Gasteiger charge is 2.47. The zero-order chi connectivity index (χ0) is 15.6. The number of allylic oxidation sites excluding steroid dienone is 2. The van der Waals surface area contributed by atoms with Crippen LogP contribution in [-0.4, -0.2) is 11.1 Å². The number of hydrogen-bond acceptors (Lipinski definition) is 1. The van der Waals surface area contributed by atoms with Gasteiger partial charge in [-0.1, -0.05) is 44.4 Å². The summed E-state index contributed by atoms with van der Waals surface area (Å²) in [7, 11) is 0. The minimum atomic E-state index is -0.828. The van der Waals surface area contributed by atoms with E-state index in [1.807, 2.05) is 6.92 Å². The Hall–Kier alpha value is -1.05. The van der Waals surface area contributed by atoms with E-state index < -0.39 is 5.97 Å². The molecule has 4 atom stereocenters. The van der Waals surface area contributed by atoms with E-state index in [1.54, 1.807) is 0 Å². The van der Waals surface area contributed by atoms with E-state index in [0.717, 1.165) is 36.7 Å². The standard InChI is InChI=1S/C19H30O2/c1-13(12-18(20)21)8-9-16-14(2)10-11-19(4)15(3)6-5-7-17(16)19/h12,15-17H,2,5-11H2,1,3-4H3,(H,20,21)/b13-12+/t15-,16+,17-,19+/m0/s1. The SMILES string of the molecule is C=C1CC[C@]2(C)[C@@H](C)CCC[C@H]2[C@@H]1CC/C(C)=C/C(=O)O.